The third kappa shape index (κ3) is 3.42. The largest absolute Gasteiger partial charge is 0.341 e. The molecule has 1 aromatic carbocycles. The highest BCUT2D eigenvalue weighted by Gasteiger charge is 2.44. The van der Waals surface area contributed by atoms with Crippen LogP contribution in [-0.4, -0.2) is 54.9 Å². The first-order valence-electron chi connectivity index (χ1n) is 8.81. The van der Waals surface area contributed by atoms with Crippen LogP contribution in [0.2, 0.25) is 0 Å². The summed E-state index contributed by atoms with van der Waals surface area (Å²) in [4.78, 5) is 16.3. The number of nitrogens with zero attached hydrogens (tertiary/aromatic N) is 4. The van der Waals surface area contributed by atoms with Gasteiger partial charge in [-0.1, -0.05) is 23.9 Å². The smallest absolute Gasteiger partial charge is 0.224 e. The highest BCUT2D eigenvalue weighted by Crippen LogP contribution is 2.35. The lowest BCUT2D eigenvalue weighted by Gasteiger charge is -2.34. The normalized spacial score (nSPS) is 28.3. The predicted molar refractivity (Wildman–Crippen MR) is 109 cm³/mol. The number of aliphatic imine (C=N–C) groups is 3. The van der Waals surface area contributed by atoms with Crippen molar-refractivity contribution >= 4 is 38.3 Å². The Morgan fingerprint density at radius 3 is 2.48 bits per heavy atom. The van der Waals surface area contributed by atoms with Gasteiger partial charge in [0, 0.05) is 24.9 Å². The lowest BCUT2D eigenvalue weighted by atomic mass is 9.95. The summed E-state index contributed by atoms with van der Waals surface area (Å²) < 4.78 is 23.5. The van der Waals surface area contributed by atoms with E-state index in [-0.39, 0.29) is 4.90 Å². The van der Waals surface area contributed by atoms with E-state index in [1.165, 1.54) is 24.4 Å². The molecule has 3 aliphatic rings. The molecule has 0 amide bonds. The van der Waals surface area contributed by atoms with Crippen molar-refractivity contribution in [3.05, 3.63) is 29.8 Å². The van der Waals surface area contributed by atoms with Gasteiger partial charge in [0.2, 0.25) is 5.96 Å². The molecule has 10 heteroatoms. The highest BCUT2D eigenvalue weighted by molar-refractivity contribution is 8.16. The fraction of sp³-hybridized carbons (Fsp3) is 0.471. The number of piperidine rings is 1. The Hall–Kier alpha value is -1.75. The number of likely N-dealkylation sites (tertiary alicyclic amines) is 1. The average molecular weight is 407 g/mol. The Labute approximate surface area is 162 Å². The molecular weight excluding hydrogens is 384 g/mol. The summed E-state index contributed by atoms with van der Waals surface area (Å²) in [6.45, 7) is 1.78. The lowest BCUT2D eigenvalue weighted by molar-refractivity contribution is 0.335. The van der Waals surface area contributed by atoms with Gasteiger partial charge in [0.15, 0.2) is 21.0 Å². The van der Waals surface area contributed by atoms with E-state index in [2.05, 4.69) is 14.9 Å². The third-order valence-electron chi connectivity index (χ3n) is 4.89. The minimum atomic E-state index is -3.29. The van der Waals surface area contributed by atoms with Crippen molar-refractivity contribution in [3.8, 4) is 0 Å². The molecule has 3 heterocycles. The second-order valence-corrected chi connectivity index (χ2v) is 10.0. The maximum Gasteiger partial charge on any atom is 0.224 e. The van der Waals surface area contributed by atoms with Gasteiger partial charge < -0.3 is 10.6 Å². The standard InChI is InChI=1S/C17H22N6O2S2/c1-27(24,25)12-7-5-11(6-8-12)17(19)13-14(26-15(18)20-13)21-16(22-17)23-9-3-2-4-10-23/h5-8,15H,2-4,9-10,18-19H2,1H3. The Kier molecular flexibility index (Phi) is 4.61. The molecular formula is C17H22N6O2S2. The van der Waals surface area contributed by atoms with Crippen LogP contribution in [0, 0.1) is 0 Å². The SMILES string of the molecule is CS(=O)(=O)c1ccc(C2(N)N=C(N3CCCCC3)N=C3SC(N)N=C32)cc1. The van der Waals surface area contributed by atoms with E-state index in [4.69, 9.17) is 16.5 Å². The van der Waals surface area contributed by atoms with Gasteiger partial charge in [-0.2, -0.15) is 0 Å². The summed E-state index contributed by atoms with van der Waals surface area (Å²) in [6, 6.07) is 6.47. The van der Waals surface area contributed by atoms with E-state index in [9.17, 15) is 8.42 Å². The number of sulfone groups is 1. The molecule has 8 nitrogen and oxygen atoms in total. The van der Waals surface area contributed by atoms with Gasteiger partial charge in [0.1, 0.15) is 10.8 Å². The van der Waals surface area contributed by atoms with Gasteiger partial charge >= 0.3 is 0 Å². The zero-order valence-electron chi connectivity index (χ0n) is 15.0. The molecule has 0 aromatic heterocycles. The molecule has 1 fully saturated rings. The van der Waals surface area contributed by atoms with Gasteiger partial charge in [0.25, 0.3) is 0 Å². The summed E-state index contributed by atoms with van der Waals surface area (Å²) in [7, 11) is -3.29. The van der Waals surface area contributed by atoms with Crippen LogP contribution in [-0.2, 0) is 15.5 Å². The molecule has 27 heavy (non-hydrogen) atoms. The molecule has 2 unspecified atom stereocenters. The number of hydrogen-bond donors (Lipinski definition) is 2. The molecule has 4 N–H and O–H groups in total. The second-order valence-electron chi connectivity index (χ2n) is 6.93. The first kappa shape index (κ1) is 18.6. The van der Waals surface area contributed by atoms with E-state index in [0.29, 0.717) is 22.3 Å². The van der Waals surface area contributed by atoms with E-state index in [1.807, 2.05) is 0 Å². The minimum absolute atomic E-state index is 0.235. The van der Waals surface area contributed by atoms with E-state index < -0.39 is 21.0 Å². The van der Waals surface area contributed by atoms with Gasteiger partial charge in [0.05, 0.1) is 4.90 Å². The van der Waals surface area contributed by atoms with Crippen LogP contribution in [0.3, 0.4) is 0 Å². The molecule has 1 aromatic rings. The fourth-order valence-electron chi connectivity index (χ4n) is 3.44. The van der Waals surface area contributed by atoms with Crippen molar-refractivity contribution in [1.29, 1.82) is 0 Å². The average Bonchev–Trinajstić information content (AvgIpc) is 3.03. The maximum absolute atomic E-state index is 11.8. The maximum atomic E-state index is 11.8. The molecule has 0 aliphatic carbocycles. The van der Waals surface area contributed by atoms with Gasteiger partial charge in [-0.25, -0.2) is 18.4 Å². The number of hydrogen-bond acceptors (Lipinski definition) is 9. The zero-order valence-corrected chi connectivity index (χ0v) is 16.6. The monoisotopic (exact) mass is 406 g/mol. The van der Waals surface area contributed by atoms with Crippen molar-refractivity contribution in [2.75, 3.05) is 19.3 Å². The summed E-state index contributed by atoms with van der Waals surface area (Å²) in [5.74, 6) is 0.597. The Balaban J connectivity index is 1.78. The van der Waals surface area contributed by atoms with Crippen LogP contribution in [0.5, 0.6) is 0 Å². The van der Waals surface area contributed by atoms with Crippen molar-refractivity contribution in [3.63, 3.8) is 0 Å². The lowest BCUT2D eigenvalue weighted by Crippen LogP contribution is -2.51. The van der Waals surface area contributed by atoms with Crippen LogP contribution in [0.25, 0.3) is 0 Å². The Bertz CT molecular complexity index is 948. The molecule has 144 valence electrons. The molecule has 1 saturated heterocycles. The zero-order chi connectivity index (χ0) is 19.2. The van der Waals surface area contributed by atoms with Crippen molar-refractivity contribution < 1.29 is 8.42 Å². The number of rotatable bonds is 2. The molecule has 4 rings (SSSR count). The third-order valence-corrected chi connectivity index (χ3v) is 6.87. The quantitative estimate of drug-likeness (QED) is 0.751. The molecule has 0 radical (unpaired) electrons. The van der Waals surface area contributed by atoms with Crippen LogP contribution in [0.4, 0.5) is 0 Å². The fourth-order valence-corrected chi connectivity index (χ4v) is 4.91. The first-order valence-corrected chi connectivity index (χ1v) is 11.6. The highest BCUT2D eigenvalue weighted by atomic mass is 32.2. The topological polar surface area (TPSA) is 126 Å². The molecule has 3 aliphatic heterocycles. The molecule has 0 saturated carbocycles. The summed E-state index contributed by atoms with van der Waals surface area (Å²) in [5, 5.41) is 0.688. The van der Waals surface area contributed by atoms with Gasteiger partial charge in [-0.15, -0.1) is 0 Å². The second kappa shape index (κ2) is 6.69. The molecule has 0 bridgehead atoms. The summed E-state index contributed by atoms with van der Waals surface area (Å²) in [6.07, 6.45) is 4.57. The number of fused-ring (bicyclic) bond motifs is 1. The van der Waals surface area contributed by atoms with Crippen LogP contribution in [0.1, 0.15) is 24.8 Å². The predicted octanol–water partition coefficient (Wildman–Crippen LogP) is 0.886. The van der Waals surface area contributed by atoms with E-state index >= 15 is 0 Å². The van der Waals surface area contributed by atoms with Crippen LogP contribution < -0.4 is 11.5 Å². The molecule has 2 atom stereocenters. The number of guanidine groups is 1. The van der Waals surface area contributed by atoms with Crippen molar-refractivity contribution in [2.24, 2.45) is 26.4 Å². The number of thioether (sulfide) groups is 1. The Morgan fingerprint density at radius 1 is 1.19 bits per heavy atom. The molecule has 0 spiro atoms. The summed E-state index contributed by atoms with van der Waals surface area (Å²) in [5.41, 5.74) is 12.2. The number of benzene rings is 1. The van der Waals surface area contributed by atoms with Gasteiger partial charge in [-0.05, 0) is 31.4 Å². The van der Waals surface area contributed by atoms with Crippen molar-refractivity contribution in [2.45, 2.75) is 35.3 Å². The number of nitrogens with two attached hydrogens (primary N) is 2. The van der Waals surface area contributed by atoms with E-state index in [1.54, 1.807) is 24.3 Å². The minimum Gasteiger partial charge on any atom is -0.341 e. The summed E-state index contributed by atoms with van der Waals surface area (Å²) >= 11 is 1.36. The van der Waals surface area contributed by atoms with Crippen molar-refractivity contribution in [1.82, 2.24) is 4.90 Å². The van der Waals surface area contributed by atoms with Crippen LogP contribution >= 0.6 is 11.8 Å². The first-order chi connectivity index (χ1) is 12.8. The van der Waals surface area contributed by atoms with Crippen LogP contribution in [0.15, 0.2) is 44.1 Å². The van der Waals surface area contributed by atoms with E-state index in [0.717, 1.165) is 25.9 Å². The Morgan fingerprint density at radius 2 is 1.85 bits per heavy atom. The van der Waals surface area contributed by atoms with Gasteiger partial charge in [-0.3, -0.25) is 10.7 Å².